The summed E-state index contributed by atoms with van der Waals surface area (Å²) in [4.78, 5) is 17.2. The molecule has 0 aromatic carbocycles. The minimum Gasteiger partial charge on any atom is -0.335 e. The summed E-state index contributed by atoms with van der Waals surface area (Å²) in [5, 5.41) is 16.0. The van der Waals surface area contributed by atoms with Crippen LogP contribution >= 0.6 is 0 Å². The zero-order valence-corrected chi connectivity index (χ0v) is 17.0. The highest BCUT2D eigenvalue weighted by Crippen LogP contribution is 2.41. The van der Waals surface area contributed by atoms with E-state index in [0.717, 1.165) is 50.0 Å². The maximum absolute atomic E-state index is 12.8. The van der Waals surface area contributed by atoms with E-state index in [1.165, 1.54) is 5.69 Å². The van der Waals surface area contributed by atoms with Crippen molar-refractivity contribution in [3.63, 3.8) is 0 Å². The second-order valence-corrected chi connectivity index (χ2v) is 9.69. The molecule has 1 amide bonds. The molecule has 0 radical (unpaired) electrons. The van der Waals surface area contributed by atoms with E-state index < -0.39 is 0 Å². The minimum absolute atomic E-state index is 0.0854. The van der Waals surface area contributed by atoms with Gasteiger partial charge in [-0.05, 0) is 73.4 Å². The van der Waals surface area contributed by atoms with Gasteiger partial charge in [-0.1, -0.05) is 13.8 Å². The summed E-state index contributed by atoms with van der Waals surface area (Å²) < 4.78 is 2.14. The molecule has 1 saturated heterocycles. The molecular weight excluding hydrogens is 362 g/mol. The van der Waals surface area contributed by atoms with E-state index in [9.17, 15) is 10.1 Å². The van der Waals surface area contributed by atoms with Crippen molar-refractivity contribution in [1.82, 2.24) is 14.9 Å². The summed E-state index contributed by atoms with van der Waals surface area (Å²) in [5.74, 6) is 2.05. The fourth-order valence-corrected chi connectivity index (χ4v) is 5.51. The van der Waals surface area contributed by atoms with Gasteiger partial charge in [0.2, 0.25) is 5.91 Å². The number of carbonyl (C=O) groups is 1. The van der Waals surface area contributed by atoms with Crippen LogP contribution in [0, 0.1) is 34.5 Å². The number of amides is 1. The number of carbonyl (C=O) groups excluding carboxylic acids is 1. The number of fused-ring (bicyclic) bond motifs is 2. The number of anilines is 1. The highest BCUT2D eigenvalue weighted by molar-refractivity contribution is 5.92. The molecule has 1 aliphatic carbocycles. The van der Waals surface area contributed by atoms with Crippen LogP contribution in [-0.2, 0) is 17.8 Å². The molecule has 29 heavy (non-hydrogen) atoms. The molecule has 4 heterocycles. The smallest absolute Gasteiger partial charge is 0.228 e. The molecule has 150 valence electrons. The molecule has 2 aromatic heterocycles. The zero-order valence-electron chi connectivity index (χ0n) is 17.0. The third-order valence-electron chi connectivity index (χ3n) is 6.90. The number of pyridine rings is 1. The minimum atomic E-state index is 0.0854. The SMILES string of the molecule is CC1(C)Cc2c(-c3ccnc(NC(=O)C4CC5CNC[C@H]5C4)c3)cc(C#N)n2C1. The Labute approximate surface area is 171 Å². The van der Waals surface area contributed by atoms with E-state index in [0.29, 0.717) is 23.3 Å². The number of hydrogen-bond acceptors (Lipinski definition) is 4. The Morgan fingerprint density at radius 1 is 1.31 bits per heavy atom. The molecule has 0 spiro atoms. The van der Waals surface area contributed by atoms with Crippen LogP contribution < -0.4 is 10.6 Å². The number of nitrogens with one attached hydrogen (secondary N) is 2. The monoisotopic (exact) mass is 389 g/mol. The van der Waals surface area contributed by atoms with Crippen LogP contribution in [0.3, 0.4) is 0 Å². The van der Waals surface area contributed by atoms with E-state index >= 15 is 0 Å². The largest absolute Gasteiger partial charge is 0.335 e. The van der Waals surface area contributed by atoms with Gasteiger partial charge in [0, 0.05) is 29.9 Å². The van der Waals surface area contributed by atoms with Gasteiger partial charge in [-0.25, -0.2) is 4.98 Å². The van der Waals surface area contributed by atoms with Gasteiger partial charge in [-0.2, -0.15) is 5.26 Å². The van der Waals surface area contributed by atoms with Crippen molar-refractivity contribution in [2.45, 2.75) is 39.7 Å². The van der Waals surface area contributed by atoms with Gasteiger partial charge in [0.15, 0.2) is 0 Å². The third kappa shape index (κ3) is 3.24. The predicted molar refractivity (Wildman–Crippen MR) is 111 cm³/mol. The van der Waals surface area contributed by atoms with E-state index in [4.69, 9.17) is 0 Å². The second kappa shape index (κ2) is 6.70. The summed E-state index contributed by atoms with van der Waals surface area (Å²) in [6, 6.07) is 8.20. The van der Waals surface area contributed by atoms with E-state index in [-0.39, 0.29) is 17.2 Å². The Morgan fingerprint density at radius 2 is 2.07 bits per heavy atom. The summed E-state index contributed by atoms with van der Waals surface area (Å²) in [5.41, 5.74) is 4.13. The van der Waals surface area contributed by atoms with Crippen LogP contribution in [0.1, 0.15) is 38.1 Å². The van der Waals surface area contributed by atoms with Crippen molar-refractivity contribution in [2.24, 2.45) is 23.2 Å². The number of rotatable bonds is 3. The number of nitrogens with zero attached hydrogens (tertiary/aromatic N) is 3. The van der Waals surface area contributed by atoms with E-state index in [2.05, 4.69) is 40.1 Å². The number of aromatic nitrogens is 2. The average Bonchev–Trinajstić information content (AvgIpc) is 3.40. The van der Waals surface area contributed by atoms with Crippen LogP contribution in [0.2, 0.25) is 0 Å². The van der Waals surface area contributed by atoms with Crippen LogP contribution in [0.4, 0.5) is 5.82 Å². The molecule has 2 fully saturated rings. The second-order valence-electron chi connectivity index (χ2n) is 9.69. The molecule has 3 aliphatic rings. The average molecular weight is 390 g/mol. The lowest BCUT2D eigenvalue weighted by molar-refractivity contribution is -0.119. The lowest BCUT2D eigenvalue weighted by atomic mass is 9.89. The molecule has 3 atom stereocenters. The van der Waals surface area contributed by atoms with E-state index in [1.54, 1.807) is 6.20 Å². The van der Waals surface area contributed by atoms with Gasteiger partial charge >= 0.3 is 0 Å². The molecule has 2 unspecified atom stereocenters. The molecule has 2 aromatic rings. The quantitative estimate of drug-likeness (QED) is 0.845. The first-order valence-electron chi connectivity index (χ1n) is 10.5. The van der Waals surface area contributed by atoms with Crippen LogP contribution in [0.15, 0.2) is 24.4 Å². The summed E-state index contributed by atoms with van der Waals surface area (Å²) >= 11 is 0. The Kier molecular flexibility index (Phi) is 4.25. The van der Waals surface area contributed by atoms with Gasteiger partial charge in [0.1, 0.15) is 17.6 Å². The van der Waals surface area contributed by atoms with Gasteiger partial charge in [0.05, 0.1) is 0 Å². The maximum Gasteiger partial charge on any atom is 0.228 e. The molecule has 0 bridgehead atoms. The lowest BCUT2D eigenvalue weighted by Gasteiger charge is -2.15. The van der Waals surface area contributed by atoms with Gasteiger partial charge in [0.25, 0.3) is 0 Å². The summed E-state index contributed by atoms with van der Waals surface area (Å²) in [6.45, 7) is 7.41. The highest BCUT2D eigenvalue weighted by Gasteiger charge is 2.40. The van der Waals surface area contributed by atoms with Crippen LogP contribution in [0.25, 0.3) is 11.1 Å². The first-order valence-corrected chi connectivity index (χ1v) is 10.5. The van der Waals surface area contributed by atoms with Crippen molar-refractivity contribution >= 4 is 11.7 Å². The summed E-state index contributed by atoms with van der Waals surface area (Å²) in [7, 11) is 0. The standard InChI is InChI=1S/C23H27N5O/c1-23(2)9-20-19(8-18(10-24)28(20)13-23)14-3-4-26-21(7-14)27-22(29)15-5-16-11-25-12-17(16)6-15/h3-4,7-8,15-17,25H,5-6,9,11-13H2,1-2H3,(H,26,27,29)/t15?,16-,17?/m1/s1. The van der Waals surface area contributed by atoms with Crippen molar-refractivity contribution < 1.29 is 4.79 Å². The normalized spacial score (nSPS) is 26.7. The Hall–Kier alpha value is -2.65. The lowest BCUT2D eigenvalue weighted by Crippen LogP contribution is -2.23. The zero-order chi connectivity index (χ0) is 20.2. The maximum atomic E-state index is 12.8. The Bertz CT molecular complexity index is 1000. The molecule has 6 nitrogen and oxygen atoms in total. The van der Waals surface area contributed by atoms with Crippen LogP contribution in [-0.4, -0.2) is 28.5 Å². The Balaban J connectivity index is 1.38. The molecular formula is C23H27N5O. The fourth-order valence-electron chi connectivity index (χ4n) is 5.51. The number of hydrogen-bond donors (Lipinski definition) is 2. The van der Waals surface area contributed by atoms with Gasteiger partial charge in [-0.15, -0.1) is 0 Å². The first kappa shape index (κ1) is 18.4. The van der Waals surface area contributed by atoms with Crippen molar-refractivity contribution in [1.29, 1.82) is 5.26 Å². The van der Waals surface area contributed by atoms with Gasteiger partial charge < -0.3 is 15.2 Å². The highest BCUT2D eigenvalue weighted by atomic mass is 16.1. The van der Waals surface area contributed by atoms with Crippen molar-refractivity contribution in [3.05, 3.63) is 35.8 Å². The fraction of sp³-hybridized carbons (Fsp3) is 0.522. The molecule has 2 aliphatic heterocycles. The molecule has 1 saturated carbocycles. The number of nitriles is 1. The van der Waals surface area contributed by atoms with Crippen molar-refractivity contribution in [3.8, 4) is 17.2 Å². The van der Waals surface area contributed by atoms with Crippen LogP contribution in [0.5, 0.6) is 0 Å². The van der Waals surface area contributed by atoms with Gasteiger partial charge in [-0.3, -0.25) is 4.79 Å². The summed E-state index contributed by atoms with van der Waals surface area (Å²) in [6.07, 6.45) is 4.62. The first-order chi connectivity index (χ1) is 13.9. The third-order valence-corrected chi connectivity index (χ3v) is 6.90. The Morgan fingerprint density at radius 3 is 2.79 bits per heavy atom. The molecule has 5 rings (SSSR count). The van der Waals surface area contributed by atoms with E-state index in [1.807, 2.05) is 18.2 Å². The predicted octanol–water partition coefficient (Wildman–Crippen LogP) is 3.19. The molecule has 2 N–H and O–H groups in total. The van der Waals surface area contributed by atoms with Crippen molar-refractivity contribution in [2.75, 3.05) is 18.4 Å². The molecule has 6 heteroatoms. The topological polar surface area (TPSA) is 82.7 Å².